The fourth-order valence-electron chi connectivity index (χ4n) is 3.12. The zero-order valence-corrected chi connectivity index (χ0v) is 16.6. The van der Waals surface area contributed by atoms with E-state index < -0.39 is 11.3 Å². The first kappa shape index (κ1) is 18.6. The van der Waals surface area contributed by atoms with Crippen molar-refractivity contribution in [3.63, 3.8) is 0 Å². The van der Waals surface area contributed by atoms with Crippen molar-refractivity contribution in [1.29, 1.82) is 0 Å². The first-order valence-electron chi connectivity index (χ1n) is 8.33. The summed E-state index contributed by atoms with van der Waals surface area (Å²) in [5, 5.41) is 1.41. The molecule has 0 saturated heterocycles. The lowest BCUT2D eigenvalue weighted by Gasteiger charge is -2.35. The van der Waals surface area contributed by atoms with Crippen LogP contribution in [-0.4, -0.2) is 29.9 Å². The van der Waals surface area contributed by atoms with Crippen LogP contribution in [0.4, 0.5) is 0 Å². The van der Waals surface area contributed by atoms with Crippen LogP contribution in [0.25, 0.3) is 10.2 Å². The summed E-state index contributed by atoms with van der Waals surface area (Å²) < 4.78 is 1.01. The standard InChI is InChI=1S/C21H21ClN2OS/c1-5-21(2,14-9-7-6-8-10-14)18(20(25)24(3)4)19-23-16-13-15(22)11-12-17(16)26-19/h5-13,18H,1H2,2-4H3/t18-,21+/m1/s1. The van der Waals surface area contributed by atoms with Crippen molar-refractivity contribution in [2.24, 2.45) is 0 Å². The smallest absolute Gasteiger partial charge is 0.233 e. The highest BCUT2D eigenvalue weighted by Crippen LogP contribution is 2.43. The van der Waals surface area contributed by atoms with E-state index in [-0.39, 0.29) is 5.91 Å². The van der Waals surface area contributed by atoms with Crippen molar-refractivity contribution in [2.45, 2.75) is 18.3 Å². The van der Waals surface area contributed by atoms with E-state index in [1.807, 2.05) is 61.5 Å². The summed E-state index contributed by atoms with van der Waals surface area (Å²) in [7, 11) is 3.54. The molecule has 0 fully saturated rings. The van der Waals surface area contributed by atoms with E-state index in [0.717, 1.165) is 20.8 Å². The van der Waals surface area contributed by atoms with Crippen molar-refractivity contribution >= 4 is 39.1 Å². The Morgan fingerprint density at radius 1 is 1.27 bits per heavy atom. The molecule has 0 unspecified atom stereocenters. The summed E-state index contributed by atoms with van der Waals surface area (Å²) in [6.45, 7) is 6.09. The molecule has 0 spiro atoms. The molecule has 1 aromatic heterocycles. The second-order valence-electron chi connectivity index (χ2n) is 6.68. The second kappa shape index (κ2) is 7.22. The summed E-state index contributed by atoms with van der Waals surface area (Å²) in [5.41, 5.74) is 1.27. The monoisotopic (exact) mass is 384 g/mol. The van der Waals surface area contributed by atoms with Gasteiger partial charge in [0.25, 0.3) is 0 Å². The van der Waals surface area contributed by atoms with E-state index in [1.54, 1.807) is 19.0 Å². The van der Waals surface area contributed by atoms with Gasteiger partial charge in [0.15, 0.2) is 0 Å². The van der Waals surface area contributed by atoms with Gasteiger partial charge in [0.1, 0.15) is 10.9 Å². The maximum Gasteiger partial charge on any atom is 0.233 e. The lowest BCUT2D eigenvalue weighted by atomic mass is 9.71. The number of likely N-dealkylation sites (N-methyl/N-ethyl adjacent to an activating group) is 1. The van der Waals surface area contributed by atoms with Crippen LogP contribution in [0, 0.1) is 0 Å². The summed E-state index contributed by atoms with van der Waals surface area (Å²) in [5.74, 6) is -0.463. The molecule has 3 rings (SSSR count). The van der Waals surface area contributed by atoms with Gasteiger partial charge in [0.2, 0.25) is 5.91 Å². The average molecular weight is 385 g/mol. The largest absolute Gasteiger partial charge is 0.348 e. The van der Waals surface area contributed by atoms with E-state index >= 15 is 0 Å². The fourth-order valence-corrected chi connectivity index (χ4v) is 4.46. The highest BCUT2D eigenvalue weighted by Gasteiger charge is 2.42. The van der Waals surface area contributed by atoms with Gasteiger partial charge in [0.05, 0.1) is 10.2 Å². The third-order valence-corrected chi connectivity index (χ3v) is 6.06. The van der Waals surface area contributed by atoms with Gasteiger partial charge in [-0.25, -0.2) is 4.98 Å². The van der Waals surface area contributed by atoms with Crippen molar-refractivity contribution in [1.82, 2.24) is 9.88 Å². The number of rotatable bonds is 5. The van der Waals surface area contributed by atoms with E-state index in [0.29, 0.717) is 5.02 Å². The van der Waals surface area contributed by atoms with E-state index in [2.05, 4.69) is 6.58 Å². The number of benzene rings is 2. The van der Waals surface area contributed by atoms with Crippen molar-refractivity contribution < 1.29 is 4.79 Å². The normalized spacial score (nSPS) is 14.6. The van der Waals surface area contributed by atoms with Gasteiger partial charge in [-0.15, -0.1) is 17.9 Å². The summed E-state index contributed by atoms with van der Waals surface area (Å²) >= 11 is 7.64. The Kier molecular flexibility index (Phi) is 5.17. The maximum absolute atomic E-state index is 13.2. The fraction of sp³-hybridized carbons (Fsp3) is 0.238. The zero-order chi connectivity index (χ0) is 18.9. The van der Waals surface area contributed by atoms with Gasteiger partial charge in [-0.3, -0.25) is 4.79 Å². The van der Waals surface area contributed by atoms with E-state index in [9.17, 15) is 4.79 Å². The van der Waals surface area contributed by atoms with E-state index in [4.69, 9.17) is 16.6 Å². The Morgan fingerprint density at radius 2 is 1.96 bits per heavy atom. The van der Waals surface area contributed by atoms with Gasteiger partial charge in [-0.05, 0) is 23.8 Å². The third kappa shape index (κ3) is 3.27. The first-order valence-corrected chi connectivity index (χ1v) is 9.52. The van der Waals surface area contributed by atoms with Crippen LogP contribution in [0.1, 0.15) is 23.4 Å². The van der Waals surface area contributed by atoms with Crippen LogP contribution in [0.3, 0.4) is 0 Å². The van der Waals surface area contributed by atoms with Crippen LogP contribution < -0.4 is 0 Å². The molecule has 26 heavy (non-hydrogen) atoms. The molecule has 1 amide bonds. The minimum Gasteiger partial charge on any atom is -0.348 e. The van der Waals surface area contributed by atoms with Crippen molar-refractivity contribution in [3.05, 3.63) is 76.8 Å². The Morgan fingerprint density at radius 3 is 2.58 bits per heavy atom. The Hall–Kier alpha value is -2.17. The lowest BCUT2D eigenvalue weighted by Crippen LogP contribution is -2.40. The quantitative estimate of drug-likeness (QED) is 0.562. The summed E-state index contributed by atoms with van der Waals surface area (Å²) in [6, 6.07) is 15.6. The van der Waals surface area contributed by atoms with Gasteiger partial charge in [0, 0.05) is 24.5 Å². The molecule has 0 bridgehead atoms. The van der Waals surface area contributed by atoms with E-state index in [1.165, 1.54) is 11.3 Å². The number of thiazole rings is 1. The molecule has 2 atom stereocenters. The van der Waals surface area contributed by atoms with Gasteiger partial charge in [-0.2, -0.15) is 0 Å². The highest BCUT2D eigenvalue weighted by atomic mass is 35.5. The molecular formula is C21H21ClN2OS. The van der Waals surface area contributed by atoms with Crippen LogP contribution in [-0.2, 0) is 10.2 Å². The number of halogens is 1. The molecule has 0 radical (unpaired) electrons. The number of fused-ring (bicyclic) bond motifs is 1. The SMILES string of the molecule is C=C[C@@](C)(c1ccccc1)[C@@H](C(=O)N(C)C)c1nc2cc(Cl)ccc2s1. The predicted octanol–water partition coefficient (Wildman–Crippen LogP) is 5.27. The molecule has 3 aromatic rings. The Bertz CT molecular complexity index is 951. The molecule has 0 aliphatic carbocycles. The average Bonchev–Trinajstić information content (AvgIpc) is 3.04. The van der Waals surface area contributed by atoms with Crippen LogP contribution >= 0.6 is 22.9 Å². The number of nitrogens with zero attached hydrogens (tertiary/aromatic N) is 2. The summed E-state index contributed by atoms with van der Waals surface area (Å²) in [4.78, 5) is 19.6. The minimum absolute atomic E-state index is 0.00130. The maximum atomic E-state index is 13.2. The molecule has 3 nitrogen and oxygen atoms in total. The molecule has 2 aromatic carbocycles. The second-order valence-corrected chi connectivity index (χ2v) is 8.18. The van der Waals surface area contributed by atoms with Gasteiger partial charge < -0.3 is 4.90 Å². The number of aromatic nitrogens is 1. The number of allylic oxidation sites excluding steroid dienone is 1. The third-order valence-electron chi connectivity index (χ3n) is 4.72. The topological polar surface area (TPSA) is 33.2 Å². The number of carbonyl (C=O) groups is 1. The predicted molar refractivity (Wildman–Crippen MR) is 110 cm³/mol. The molecule has 0 aliphatic heterocycles. The van der Waals surface area contributed by atoms with Gasteiger partial charge >= 0.3 is 0 Å². The molecule has 1 heterocycles. The number of carbonyl (C=O) groups excluding carboxylic acids is 1. The Labute approximate surface area is 162 Å². The number of hydrogen-bond donors (Lipinski definition) is 0. The van der Waals surface area contributed by atoms with Crippen LogP contribution in [0.2, 0.25) is 5.02 Å². The number of amides is 1. The number of hydrogen-bond acceptors (Lipinski definition) is 3. The van der Waals surface area contributed by atoms with Crippen LogP contribution in [0.15, 0.2) is 61.2 Å². The summed E-state index contributed by atoms with van der Waals surface area (Å²) in [6.07, 6.45) is 1.85. The first-order chi connectivity index (χ1) is 12.4. The molecule has 0 saturated carbocycles. The molecular weight excluding hydrogens is 364 g/mol. The zero-order valence-electron chi connectivity index (χ0n) is 15.1. The molecule has 5 heteroatoms. The molecule has 134 valence electrons. The van der Waals surface area contributed by atoms with Crippen molar-refractivity contribution in [2.75, 3.05) is 14.1 Å². The molecule has 0 N–H and O–H groups in total. The van der Waals surface area contributed by atoms with Crippen molar-refractivity contribution in [3.8, 4) is 0 Å². The lowest BCUT2D eigenvalue weighted by molar-refractivity contribution is -0.131. The minimum atomic E-state index is -0.583. The Balaban J connectivity index is 2.21. The molecule has 0 aliphatic rings. The van der Waals surface area contributed by atoms with Gasteiger partial charge in [-0.1, -0.05) is 54.9 Å². The highest BCUT2D eigenvalue weighted by molar-refractivity contribution is 7.18. The van der Waals surface area contributed by atoms with Crippen LogP contribution in [0.5, 0.6) is 0 Å².